The molecule has 0 unspecified atom stereocenters. The molecule has 140 valence electrons. The van der Waals surface area contributed by atoms with Crippen molar-refractivity contribution >= 4 is 62.3 Å². The first kappa shape index (κ1) is 19.3. The molecule has 0 bridgehead atoms. The molecule has 0 radical (unpaired) electrons. The quantitative estimate of drug-likeness (QED) is 0.600. The van der Waals surface area contributed by atoms with Gasteiger partial charge in [0.2, 0.25) is 0 Å². The summed E-state index contributed by atoms with van der Waals surface area (Å²) in [7, 11) is 2.58. The third kappa shape index (κ3) is 4.10. The lowest BCUT2D eigenvalue weighted by Gasteiger charge is -2.04. The van der Waals surface area contributed by atoms with Crippen LogP contribution in [0.15, 0.2) is 35.3 Å². The molecular weight excluding hydrogens is 412 g/mol. The lowest BCUT2D eigenvalue weighted by molar-refractivity contribution is -0.141. The van der Waals surface area contributed by atoms with Gasteiger partial charge in [-0.25, -0.2) is 4.79 Å². The summed E-state index contributed by atoms with van der Waals surface area (Å²) < 4.78 is 12.2. The Balaban J connectivity index is 2.15. The molecule has 7 nitrogen and oxygen atoms in total. The molecule has 0 saturated carbocycles. The van der Waals surface area contributed by atoms with Gasteiger partial charge in [0.15, 0.2) is 4.80 Å². The molecule has 3 aromatic rings. The number of fused-ring (bicyclic) bond motifs is 1. The third-order valence-electron chi connectivity index (χ3n) is 3.60. The van der Waals surface area contributed by atoms with E-state index in [1.54, 1.807) is 34.9 Å². The summed E-state index contributed by atoms with van der Waals surface area (Å²) in [4.78, 5) is 40.8. The van der Waals surface area contributed by atoms with Gasteiger partial charge in [-0.05, 0) is 30.3 Å². The highest BCUT2D eigenvalue weighted by Crippen LogP contribution is 2.23. The van der Waals surface area contributed by atoms with Gasteiger partial charge in [-0.3, -0.25) is 9.59 Å². The van der Waals surface area contributed by atoms with Crippen molar-refractivity contribution in [2.24, 2.45) is 4.99 Å². The van der Waals surface area contributed by atoms with Crippen LogP contribution in [0.3, 0.4) is 0 Å². The maximum Gasteiger partial charge on any atom is 0.337 e. The Hall–Kier alpha value is -2.49. The number of thiazole rings is 1. The van der Waals surface area contributed by atoms with Crippen LogP contribution < -0.4 is 4.80 Å². The smallest absolute Gasteiger partial charge is 0.337 e. The second kappa shape index (κ2) is 8.03. The van der Waals surface area contributed by atoms with Gasteiger partial charge in [-0.2, -0.15) is 4.99 Å². The van der Waals surface area contributed by atoms with Crippen LogP contribution >= 0.6 is 34.3 Å². The topological polar surface area (TPSA) is 87.0 Å². The number of methoxy groups -OCH3 is 2. The van der Waals surface area contributed by atoms with Crippen LogP contribution in [0, 0.1) is 0 Å². The molecule has 0 aliphatic heterocycles. The molecule has 0 aliphatic rings. The Morgan fingerprint density at radius 3 is 2.52 bits per heavy atom. The Labute approximate surface area is 166 Å². The highest BCUT2D eigenvalue weighted by atomic mass is 35.5. The molecule has 0 atom stereocenters. The maximum absolute atomic E-state index is 12.4. The number of benzene rings is 1. The Morgan fingerprint density at radius 1 is 1.11 bits per heavy atom. The van der Waals surface area contributed by atoms with Crippen LogP contribution in [0.2, 0.25) is 4.34 Å². The van der Waals surface area contributed by atoms with Crippen molar-refractivity contribution in [3.05, 3.63) is 49.9 Å². The minimum atomic E-state index is -0.486. The van der Waals surface area contributed by atoms with Gasteiger partial charge in [-0.15, -0.1) is 11.3 Å². The number of esters is 2. The standard InChI is InChI=1S/C17H13ClN2O5S2/c1-24-14(21)8-20-10-4-3-9(16(23)25-2)7-12(10)27-17(20)19-15(22)11-5-6-13(18)26-11/h3-7H,8H2,1-2H3. The first-order valence-corrected chi connectivity index (χ1v) is 9.57. The number of halogens is 1. The van der Waals surface area contributed by atoms with Crippen LogP contribution in [0.1, 0.15) is 20.0 Å². The van der Waals surface area contributed by atoms with Crippen molar-refractivity contribution in [1.82, 2.24) is 4.57 Å². The van der Waals surface area contributed by atoms with E-state index in [9.17, 15) is 14.4 Å². The number of nitrogens with zero attached hydrogens (tertiary/aromatic N) is 2. The van der Waals surface area contributed by atoms with Crippen molar-refractivity contribution in [3.8, 4) is 0 Å². The molecule has 2 aromatic heterocycles. The second-order valence-electron chi connectivity index (χ2n) is 5.24. The van der Waals surface area contributed by atoms with E-state index in [0.29, 0.717) is 29.8 Å². The fourth-order valence-corrected chi connectivity index (χ4v) is 4.32. The molecule has 0 spiro atoms. The Bertz CT molecular complexity index is 1110. The largest absolute Gasteiger partial charge is 0.468 e. The van der Waals surface area contributed by atoms with Gasteiger partial charge in [0.25, 0.3) is 5.91 Å². The molecule has 0 saturated heterocycles. The first-order valence-electron chi connectivity index (χ1n) is 7.56. The lowest BCUT2D eigenvalue weighted by Crippen LogP contribution is -2.22. The number of carbonyl (C=O) groups is 3. The maximum atomic E-state index is 12.4. The summed E-state index contributed by atoms with van der Waals surface area (Å²) in [6.45, 7) is -0.120. The van der Waals surface area contributed by atoms with E-state index in [-0.39, 0.29) is 6.54 Å². The van der Waals surface area contributed by atoms with Gasteiger partial charge in [0, 0.05) is 0 Å². The summed E-state index contributed by atoms with van der Waals surface area (Å²) in [6, 6.07) is 8.09. The van der Waals surface area contributed by atoms with Gasteiger partial charge in [-0.1, -0.05) is 22.9 Å². The van der Waals surface area contributed by atoms with Crippen LogP contribution in [0.25, 0.3) is 10.2 Å². The number of aromatic nitrogens is 1. The molecule has 0 fully saturated rings. The van der Waals surface area contributed by atoms with E-state index in [2.05, 4.69) is 4.99 Å². The molecule has 0 aliphatic carbocycles. The van der Waals surface area contributed by atoms with Crippen molar-refractivity contribution in [3.63, 3.8) is 0 Å². The van der Waals surface area contributed by atoms with E-state index in [4.69, 9.17) is 21.1 Å². The normalized spacial score (nSPS) is 11.6. The van der Waals surface area contributed by atoms with Gasteiger partial charge >= 0.3 is 11.9 Å². The number of amides is 1. The summed E-state index contributed by atoms with van der Waals surface area (Å²) >= 11 is 8.17. The molecule has 0 N–H and O–H groups in total. The average molecular weight is 425 g/mol. The fourth-order valence-electron chi connectivity index (χ4n) is 2.32. The SMILES string of the molecule is COC(=O)Cn1c(=NC(=O)c2ccc(Cl)s2)sc2cc(C(=O)OC)ccc21. The summed E-state index contributed by atoms with van der Waals surface area (Å²) in [6.07, 6.45) is 0. The van der Waals surface area contributed by atoms with Gasteiger partial charge in [0.05, 0.1) is 39.2 Å². The zero-order chi connectivity index (χ0) is 19.6. The molecular formula is C17H13ClN2O5S2. The Kier molecular flexibility index (Phi) is 5.73. The molecule has 1 amide bonds. The van der Waals surface area contributed by atoms with Crippen LogP contribution in [-0.2, 0) is 20.8 Å². The minimum absolute atomic E-state index is 0.120. The van der Waals surface area contributed by atoms with E-state index in [0.717, 1.165) is 11.3 Å². The van der Waals surface area contributed by atoms with Crippen LogP contribution in [0.4, 0.5) is 0 Å². The highest BCUT2D eigenvalue weighted by Gasteiger charge is 2.15. The predicted molar refractivity (Wildman–Crippen MR) is 102 cm³/mol. The van der Waals surface area contributed by atoms with E-state index in [1.165, 1.54) is 25.6 Å². The van der Waals surface area contributed by atoms with Gasteiger partial charge in [0.1, 0.15) is 6.54 Å². The van der Waals surface area contributed by atoms with Crippen molar-refractivity contribution in [2.45, 2.75) is 6.54 Å². The first-order chi connectivity index (χ1) is 12.9. The molecule has 10 heteroatoms. The number of ether oxygens (including phenoxy) is 2. The molecule has 3 rings (SSSR count). The van der Waals surface area contributed by atoms with E-state index in [1.807, 2.05) is 0 Å². The highest BCUT2D eigenvalue weighted by molar-refractivity contribution is 7.18. The summed E-state index contributed by atoms with van der Waals surface area (Å²) in [5.41, 5.74) is 1.01. The fraction of sp³-hybridized carbons (Fsp3) is 0.176. The third-order valence-corrected chi connectivity index (χ3v) is 5.86. The van der Waals surface area contributed by atoms with Crippen molar-refractivity contribution in [1.29, 1.82) is 0 Å². The van der Waals surface area contributed by atoms with Crippen molar-refractivity contribution < 1.29 is 23.9 Å². The van der Waals surface area contributed by atoms with Gasteiger partial charge < -0.3 is 14.0 Å². The molecule has 27 heavy (non-hydrogen) atoms. The minimum Gasteiger partial charge on any atom is -0.468 e. The lowest BCUT2D eigenvalue weighted by atomic mass is 10.2. The number of rotatable bonds is 4. The number of hydrogen-bond acceptors (Lipinski definition) is 7. The number of hydrogen-bond donors (Lipinski definition) is 0. The summed E-state index contributed by atoms with van der Waals surface area (Å²) in [5, 5.41) is 0. The number of carbonyl (C=O) groups excluding carboxylic acids is 3. The van der Waals surface area contributed by atoms with Crippen molar-refractivity contribution in [2.75, 3.05) is 14.2 Å². The molecule has 1 aromatic carbocycles. The van der Waals surface area contributed by atoms with Crippen LogP contribution in [0.5, 0.6) is 0 Å². The predicted octanol–water partition coefficient (Wildman–Crippen LogP) is 3.12. The monoisotopic (exact) mass is 424 g/mol. The van der Waals surface area contributed by atoms with Crippen LogP contribution in [-0.4, -0.2) is 36.6 Å². The number of thiophene rings is 1. The Morgan fingerprint density at radius 2 is 1.89 bits per heavy atom. The average Bonchev–Trinajstić information content (AvgIpc) is 3.24. The molecule has 2 heterocycles. The zero-order valence-electron chi connectivity index (χ0n) is 14.2. The van der Waals surface area contributed by atoms with E-state index < -0.39 is 17.8 Å². The van der Waals surface area contributed by atoms with E-state index >= 15 is 0 Å². The second-order valence-corrected chi connectivity index (χ2v) is 7.97. The zero-order valence-corrected chi connectivity index (χ0v) is 16.6. The summed E-state index contributed by atoms with van der Waals surface area (Å²) in [5.74, 6) is -1.43.